The van der Waals surface area contributed by atoms with Crippen LogP contribution in [0.15, 0.2) is 60.8 Å². The van der Waals surface area contributed by atoms with Crippen molar-refractivity contribution in [2.24, 2.45) is 0 Å². The molecule has 0 radical (unpaired) electrons. The van der Waals surface area contributed by atoms with E-state index in [-0.39, 0.29) is 5.75 Å². The van der Waals surface area contributed by atoms with E-state index < -0.39 is 0 Å². The molecule has 2 heterocycles. The summed E-state index contributed by atoms with van der Waals surface area (Å²) in [5.41, 5.74) is 4.28. The highest BCUT2D eigenvalue weighted by molar-refractivity contribution is 6.30. The summed E-state index contributed by atoms with van der Waals surface area (Å²) in [5, 5.41) is 14.7. The fraction of sp³-hybridized carbons (Fsp3) is 0.136. The van der Waals surface area contributed by atoms with E-state index in [4.69, 9.17) is 21.3 Å². The molecule has 28 heavy (non-hydrogen) atoms. The zero-order valence-electron chi connectivity index (χ0n) is 15.6. The number of methoxy groups -OCH3 is 1. The summed E-state index contributed by atoms with van der Waals surface area (Å²) in [6.07, 6.45) is 1.97. The normalized spacial score (nSPS) is 11.0. The summed E-state index contributed by atoms with van der Waals surface area (Å²) in [6.45, 7) is 2.60. The fourth-order valence-corrected chi connectivity index (χ4v) is 3.39. The van der Waals surface area contributed by atoms with Gasteiger partial charge >= 0.3 is 0 Å². The SMILES string of the molecule is COc1ccc(-c2nc3cc(C)ccn3c2NCc2cccc(Cl)c2)c(O)c1. The lowest BCUT2D eigenvalue weighted by Crippen LogP contribution is -2.03. The number of aromatic hydroxyl groups is 1. The van der Waals surface area contributed by atoms with Crippen molar-refractivity contribution in [1.82, 2.24) is 9.38 Å². The molecule has 142 valence electrons. The predicted octanol–water partition coefficient (Wildman–Crippen LogP) is 5.29. The number of aryl methyl sites for hydroxylation is 1. The van der Waals surface area contributed by atoms with Gasteiger partial charge in [-0.15, -0.1) is 0 Å². The number of phenolic OH excluding ortho intramolecular Hbond substituents is 1. The summed E-state index contributed by atoms with van der Waals surface area (Å²) < 4.78 is 7.18. The van der Waals surface area contributed by atoms with Gasteiger partial charge in [-0.2, -0.15) is 0 Å². The molecule has 5 nitrogen and oxygen atoms in total. The average molecular weight is 394 g/mol. The number of phenols is 1. The van der Waals surface area contributed by atoms with E-state index in [9.17, 15) is 5.11 Å². The minimum atomic E-state index is 0.116. The first kappa shape index (κ1) is 18.2. The Kier molecular flexibility index (Phi) is 4.84. The second kappa shape index (κ2) is 7.44. The Hall–Kier alpha value is -3.18. The van der Waals surface area contributed by atoms with Crippen molar-refractivity contribution in [3.05, 3.63) is 76.9 Å². The van der Waals surface area contributed by atoms with Crippen LogP contribution < -0.4 is 10.1 Å². The maximum absolute atomic E-state index is 10.5. The number of nitrogens with one attached hydrogen (secondary N) is 1. The van der Waals surface area contributed by atoms with E-state index in [0.29, 0.717) is 28.6 Å². The van der Waals surface area contributed by atoms with Gasteiger partial charge in [-0.05, 0) is 54.4 Å². The number of pyridine rings is 1. The van der Waals surface area contributed by atoms with Crippen LogP contribution in [0.2, 0.25) is 5.02 Å². The number of ether oxygens (including phenoxy) is 1. The highest BCUT2D eigenvalue weighted by Crippen LogP contribution is 2.37. The van der Waals surface area contributed by atoms with Gasteiger partial charge in [0.2, 0.25) is 0 Å². The molecule has 2 N–H and O–H groups in total. The van der Waals surface area contributed by atoms with Crippen LogP contribution in [0.1, 0.15) is 11.1 Å². The van der Waals surface area contributed by atoms with E-state index in [1.54, 1.807) is 13.2 Å². The van der Waals surface area contributed by atoms with E-state index in [0.717, 1.165) is 22.6 Å². The first-order valence-corrected chi connectivity index (χ1v) is 9.27. The summed E-state index contributed by atoms with van der Waals surface area (Å²) in [5.74, 6) is 1.51. The number of anilines is 1. The second-order valence-corrected chi connectivity index (χ2v) is 7.04. The van der Waals surface area contributed by atoms with Gasteiger partial charge in [0.15, 0.2) is 0 Å². The smallest absolute Gasteiger partial charge is 0.139 e. The predicted molar refractivity (Wildman–Crippen MR) is 112 cm³/mol. The molecule has 2 aromatic heterocycles. The van der Waals surface area contributed by atoms with Gasteiger partial charge in [0, 0.05) is 29.4 Å². The Morgan fingerprint density at radius 2 is 2.00 bits per heavy atom. The Morgan fingerprint density at radius 1 is 1.14 bits per heavy atom. The lowest BCUT2D eigenvalue weighted by atomic mass is 10.1. The Bertz CT molecular complexity index is 1150. The van der Waals surface area contributed by atoms with E-state index >= 15 is 0 Å². The zero-order valence-corrected chi connectivity index (χ0v) is 16.4. The van der Waals surface area contributed by atoms with E-state index in [1.807, 2.05) is 66.1 Å². The van der Waals surface area contributed by atoms with Gasteiger partial charge in [-0.25, -0.2) is 4.98 Å². The molecule has 2 aromatic carbocycles. The third kappa shape index (κ3) is 3.49. The van der Waals surface area contributed by atoms with Gasteiger partial charge in [-0.3, -0.25) is 4.40 Å². The Balaban J connectivity index is 1.80. The van der Waals surface area contributed by atoms with Gasteiger partial charge < -0.3 is 15.2 Å². The van der Waals surface area contributed by atoms with Crippen molar-refractivity contribution in [1.29, 1.82) is 0 Å². The van der Waals surface area contributed by atoms with Crippen LogP contribution in [-0.2, 0) is 6.54 Å². The molecule has 0 amide bonds. The molecule has 0 aliphatic heterocycles. The maximum Gasteiger partial charge on any atom is 0.139 e. The number of hydrogen-bond acceptors (Lipinski definition) is 4. The lowest BCUT2D eigenvalue weighted by Gasteiger charge is -2.11. The molecule has 0 saturated carbocycles. The van der Waals surface area contributed by atoms with Crippen molar-refractivity contribution >= 4 is 23.1 Å². The molecule has 0 aliphatic rings. The molecular weight excluding hydrogens is 374 g/mol. The molecule has 4 rings (SSSR count). The Morgan fingerprint density at radius 3 is 2.75 bits per heavy atom. The zero-order chi connectivity index (χ0) is 19.7. The van der Waals surface area contributed by atoms with Crippen LogP contribution in [0, 0.1) is 6.92 Å². The standard InChI is InChI=1S/C22H20ClN3O2/c1-14-8-9-26-20(10-14)25-21(18-7-6-17(28-2)12-19(18)27)22(26)24-13-15-4-3-5-16(23)11-15/h3-12,24,27H,13H2,1-2H3. The monoisotopic (exact) mass is 393 g/mol. The van der Waals surface area contributed by atoms with Crippen molar-refractivity contribution < 1.29 is 9.84 Å². The fourth-order valence-electron chi connectivity index (χ4n) is 3.17. The lowest BCUT2D eigenvalue weighted by molar-refractivity contribution is 0.408. The molecule has 0 spiro atoms. The quantitative estimate of drug-likeness (QED) is 0.483. The second-order valence-electron chi connectivity index (χ2n) is 6.61. The van der Waals surface area contributed by atoms with Crippen LogP contribution in [0.3, 0.4) is 0 Å². The van der Waals surface area contributed by atoms with Crippen molar-refractivity contribution in [3.63, 3.8) is 0 Å². The number of rotatable bonds is 5. The molecule has 0 bridgehead atoms. The van der Waals surface area contributed by atoms with E-state index in [2.05, 4.69) is 5.32 Å². The van der Waals surface area contributed by atoms with Crippen LogP contribution in [-0.4, -0.2) is 21.6 Å². The maximum atomic E-state index is 10.5. The number of benzene rings is 2. The number of halogens is 1. The van der Waals surface area contributed by atoms with Crippen molar-refractivity contribution in [2.45, 2.75) is 13.5 Å². The van der Waals surface area contributed by atoms with Crippen LogP contribution in [0.25, 0.3) is 16.9 Å². The largest absolute Gasteiger partial charge is 0.507 e. The van der Waals surface area contributed by atoms with Crippen molar-refractivity contribution in [2.75, 3.05) is 12.4 Å². The molecular formula is C22H20ClN3O2. The van der Waals surface area contributed by atoms with Gasteiger partial charge in [0.1, 0.15) is 28.7 Å². The van der Waals surface area contributed by atoms with Crippen LogP contribution >= 0.6 is 11.6 Å². The molecule has 4 aromatic rings. The number of fused-ring (bicyclic) bond motifs is 1. The molecule has 0 fully saturated rings. The first-order valence-electron chi connectivity index (χ1n) is 8.89. The van der Waals surface area contributed by atoms with Gasteiger partial charge in [0.25, 0.3) is 0 Å². The highest BCUT2D eigenvalue weighted by Gasteiger charge is 2.17. The minimum Gasteiger partial charge on any atom is -0.507 e. The average Bonchev–Trinajstić information content (AvgIpc) is 3.03. The molecule has 0 unspecified atom stereocenters. The number of imidazole rings is 1. The van der Waals surface area contributed by atoms with Crippen LogP contribution in [0.4, 0.5) is 5.82 Å². The summed E-state index contributed by atoms with van der Waals surface area (Å²) >= 11 is 6.10. The van der Waals surface area contributed by atoms with Gasteiger partial charge in [0.05, 0.1) is 7.11 Å². The van der Waals surface area contributed by atoms with E-state index in [1.165, 1.54) is 0 Å². The first-order chi connectivity index (χ1) is 13.5. The minimum absolute atomic E-state index is 0.116. The summed E-state index contributed by atoms with van der Waals surface area (Å²) in [4.78, 5) is 4.76. The third-order valence-electron chi connectivity index (χ3n) is 4.59. The summed E-state index contributed by atoms with van der Waals surface area (Å²) in [7, 11) is 1.57. The van der Waals surface area contributed by atoms with Crippen molar-refractivity contribution in [3.8, 4) is 22.8 Å². The highest BCUT2D eigenvalue weighted by atomic mass is 35.5. The third-order valence-corrected chi connectivity index (χ3v) is 4.83. The number of hydrogen-bond donors (Lipinski definition) is 2. The van der Waals surface area contributed by atoms with Crippen LogP contribution in [0.5, 0.6) is 11.5 Å². The topological polar surface area (TPSA) is 58.8 Å². The summed E-state index contributed by atoms with van der Waals surface area (Å²) in [6, 6.07) is 17.0. The molecule has 6 heteroatoms. The molecule has 0 atom stereocenters. The number of aromatic nitrogens is 2. The number of nitrogens with zero attached hydrogens (tertiary/aromatic N) is 2. The van der Waals surface area contributed by atoms with Gasteiger partial charge in [-0.1, -0.05) is 23.7 Å². The Labute approximate surface area is 168 Å². The molecule has 0 aliphatic carbocycles. The molecule has 0 saturated heterocycles.